The van der Waals surface area contributed by atoms with Gasteiger partial charge in [-0.3, -0.25) is 4.90 Å². The average molecular weight is 791 g/mol. The number of nitrogens with zero attached hydrogens (tertiary/aromatic N) is 4. The number of anilines is 6. The van der Waals surface area contributed by atoms with Crippen LogP contribution in [0.1, 0.15) is 5.56 Å². The summed E-state index contributed by atoms with van der Waals surface area (Å²) < 4.78 is 0. The highest BCUT2D eigenvalue weighted by molar-refractivity contribution is 6.36. The van der Waals surface area contributed by atoms with Crippen molar-refractivity contribution in [2.24, 2.45) is 0 Å². The van der Waals surface area contributed by atoms with E-state index in [0.29, 0.717) is 5.95 Å². The molecule has 0 N–H and O–H groups in total. The fourth-order valence-corrected chi connectivity index (χ4v) is 9.53. The van der Waals surface area contributed by atoms with Crippen LogP contribution in [0.5, 0.6) is 0 Å². The van der Waals surface area contributed by atoms with E-state index in [4.69, 9.17) is 9.97 Å². The molecule has 290 valence electrons. The molecule has 0 aliphatic heterocycles. The molecule has 0 aliphatic carbocycles. The third-order valence-electron chi connectivity index (χ3n) is 12.4. The standard InChI is InChI=1S/C58H38N4/c1-2-38-24-28-43(29-25-38)62(58-59-37-40-14-9-12-23-54(40)60-58)44-30-26-39(27-31-44)45-21-13-22-48-52-36-53-50(56(45)48)32-33-51-55(35-34-49(57(51)53)46-19-10-11-20-47(46)52)61(41-15-5-3-6-16-41)42-17-7-4-8-18-42/h2-37H,1H2. The van der Waals surface area contributed by atoms with Gasteiger partial charge < -0.3 is 4.90 Å². The molecule has 0 amide bonds. The van der Waals surface area contributed by atoms with Gasteiger partial charge in [0, 0.05) is 39.7 Å². The molecule has 12 aromatic rings. The lowest BCUT2D eigenvalue weighted by Gasteiger charge is -2.27. The van der Waals surface area contributed by atoms with Crippen molar-refractivity contribution in [1.82, 2.24) is 9.97 Å². The number of hydrogen-bond acceptors (Lipinski definition) is 4. The van der Waals surface area contributed by atoms with Gasteiger partial charge >= 0.3 is 0 Å². The molecule has 0 saturated heterocycles. The van der Waals surface area contributed by atoms with E-state index in [9.17, 15) is 0 Å². The summed E-state index contributed by atoms with van der Waals surface area (Å²) >= 11 is 0. The van der Waals surface area contributed by atoms with Crippen LogP contribution in [-0.4, -0.2) is 9.97 Å². The van der Waals surface area contributed by atoms with Crippen molar-refractivity contribution in [1.29, 1.82) is 0 Å². The Kier molecular flexibility index (Phi) is 8.29. The van der Waals surface area contributed by atoms with Gasteiger partial charge in [0.25, 0.3) is 0 Å². The normalized spacial score (nSPS) is 11.6. The van der Waals surface area contributed by atoms with Gasteiger partial charge in [0.2, 0.25) is 5.95 Å². The van der Waals surface area contributed by atoms with Gasteiger partial charge in [-0.05, 0) is 132 Å². The van der Waals surface area contributed by atoms with E-state index in [0.717, 1.165) is 50.5 Å². The molecule has 4 bridgehead atoms. The van der Waals surface area contributed by atoms with Crippen LogP contribution in [0, 0.1) is 0 Å². The van der Waals surface area contributed by atoms with E-state index >= 15 is 0 Å². The summed E-state index contributed by atoms with van der Waals surface area (Å²) in [5.41, 5.74) is 9.60. The maximum Gasteiger partial charge on any atom is 0.235 e. The molecule has 0 saturated carbocycles. The Hall–Kier alpha value is -8.34. The molecule has 4 nitrogen and oxygen atoms in total. The second-order valence-electron chi connectivity index (χ2n) is 15.8. The monoisotopic (exact) mass is 790 g/mol. The quantitative estimate of drug-likeness (QED) is 0.144. The van der Waals surface area contributed by atoms with Crippen LogP contribution in [0.4, 0.5) is 34.4 Å². The van der Waals surface area contributed by atoms with E-state index < -0.39 is 0 Å². The first-order valence-electron chi connectivity index (χ1n) is 21.0. The van der Waals surface area contributed by atoms with Gasteiger partial charge in [-0.25, -0.2) is 9.97 Å². The SMILES string of the molecule is C=Cc1ccc(N(c2ccc(-c3cccc4c5cc6c(ccc7c(N(c8ccccc8)c8ccccc8)ccc(c8ccccc58)c76)c34)cc2)c2ncc3ccccc3n2)cc1. The molecule has 62 heavy (non-hydrogen) atoms. The predicted octanol–water partition coefficient (Wildman–Crippen LogP) is 16.1. The number of rotatable bonds is 8. The first-order chi connectivity index (χ1) is 30.7. The summed E-state index contributed by atoms with van der Waals surface area (Å²) in [4.78, 5) is 14.4. The summed E-state index contributed by atoms with van der Waals surface area (Å²) in [5.74, 6) is 0.612. The summed E-state index contributed by atoms with van der Waals surface area (Å²) in [7, 11) is 0. The van der Waals surface area contributed by atoms with Crippen molar-refractivity contribution in [3.05, 3.63) is 225 Å². The van der Waals surface area contributed by atoms with Crippen LogP contribution < -0.4 is 9.80 Å². The lowest BCUT2D eigenvalue weighted by Crippen LogP contribution is -2.13. The van der Waals surface area contributed by atoms with Crippen molar-refractivity contribution in [3.8, 4) is 11.1 Å². The Morgan fingerprint density at radius 2 is 0.968 bits per heavy atom. The zero-order valence-corrected chi connectivity index (χ0v) is 33.8. The Balaban J connectivity index is 1.08. The van der Waals surface area contributed by atoms with E-state index in [-0.39, 0.29) is 0 Å². The van der Waals surface area contributed by atoms with Gasteiger partial charge in [0.1, 0.15) is 0 Å². The highest BCUT2D eigenvalue weighted by Crippen LogP contribution is 2.48. The molecule has 4 heteroatoms. The maximum absolute atomic E-state index is 5.04. The minimum absolute atomic E-state index is 0.612. The van der Waals surface area contributed by atoms with Crippen molar-refractivity contribution in [2.45, 2.75) is 0 Å². The third kappa shape index (κ3) is 5.69. The second kappa shape index (κ2) is 14.4. The molecule has 0 unspecified atom stereocenters. The number of para-hydroxylation sites is 3. The Morgan fingerprint density at radius 1 is 0.403 bits per heavy atom. The Labute approximate surface area is 359 Å². The van der Waals surface area contributed by atoms with Crippen LogP contribution >= 0.6 is 0 Å². The van der Waals surface area contributed by atoms with Crippen molar-refractivity contribution in [2.75, 3.05) is 9.80 Å². The number of benzene rings is 10. The predicted molar refractivity (Wildman–Crippen MR) is 263 cm³/mol. The summed E-state index contributed by atoms with van der Waals surface area (Å²) in [6, 6.07) is 74.2. The summed E-state index contributed by atoms with van der Waals surface area (Å²) in [6.07, 6.45) is 3.76. The van der Waals surface area contributed by atoms with E-state index in [1.54, 1.807) is 0 Å². The fraction of sp³-hybridized carbons (Fsp3) is 0. The zero-order chi connectivity index (χ0) is 41.1. The molecule has 0 aliphatic rings. The molecular formula is C58H38N4. The van der Waals surface area contributed by atoms with Crippen LogP contribution in [0.3, 0.4) is 0 Å². The first kappa shape index (κ1) is 35.6. The molecular weight excluding hydrogens is 753 g/mol. The third-order valence-corrected chi connectivity index (χ3v) is 12.4. The maximum atomic E-state index is 5.04. The second-order valence-corrected chi connectivity index (χ2v) is 15.8. The highest BCUT2D eigenvalue weighted by Gasteiger charge is 2.22. The van der Waals surface area contributed by atoms with Gasteiger partial charge in [-0.2, -0.15) is 0 Å². The Morgan fingerprint density at radius 3 is 1.69 bits per heavy atom. The molecule has 0 radical (unpaired) electrons. The number of fused-ring (bicyclic) bond motifs is 4. The van der Waals surface area contributed by atoms with E-state index in [1.807, 2.05) is 36.5 Å². The molecule has 1 heterocycles. The summed E-state index contributed by atoms with van der Waals surface area (Å²) in [5, 5.41) is 13.5. The molecule has 0 atom stereocenters. The number of hydrogen-bond donors (Lipinski definition) is 0. The molecule has 11 aromatic carbocycles. The highest BCUT2D eigenvalue weighted by atomic mass is 15.3. The van der Waals surface area contributed by atoms with Crippen LogP contribution in [0.25, 0.3) is 82.0 Å². The fourth-order valence-electron chi connectivity index (χ4n) is 9.53. The van der Waals surface area contributed by atoms with Gasteiger partial charge in [0.05, 0.1) is 11.2 Å². The molecule has 1 aromatic heterocycles. The average Bonchev–Trinajstić information content (AvgIpc) is 3.47. The van der Waals surface area contributed by atoms with E-state index in [1.165, 1.54) is 59.4 Å². The molecule has 0 fully saturated rings. The molecule has 12 rings (SSSR count). The minimum Gasteiger partial charge on any atom is -0.310 e. The van der Waals surface area contributed by atoms with Gasteiger partial charge in [-0.1, -0.05) is 152 Å². The van der Waals surface area contributed by atoms with Crippen LogP contribution in [0.2, 0.25) is 0 Å². The lowest BCUT2D eigenvalue weighted by molar-refractivity contribution is 1.11. The number of aromatic nitrogens is 2. The zero-order valence-electron chi connectivity index (χ0n) is 33.8. The van der Waals surface area contributed by atoms with Crippen LogP contribution in [0.15, 0.2) is 219 Å². The largest absolute Gasteiger partial charge is 0.310 e. The topological polar surface area (TPSA) is 32.3 Å². The van der Waals surface area contributed by atoms with E-state index in [2.05, 4.69) is 198 Å². The Bertz CT molecular complexity index is 3600. The van der Waals surface area contributed by atoms with Crippen molar-refractivity contribution in [3.63, 3.8) is 0 Å². The van der Waals surface area contributed by atoms with Gasteiger partial charge in [-0.15, -0.1) is 0 Å². The van der Waals surface area contributed by atoms with Crippen molar-refractivity contribution >= 4 is 105 Å². The van der Waals surface area contributed by atoms with Gasteiger partial charge in [0.15, 0.2) is 0 Å². The van der Waals surface area contributed by atoms with Crippen molar-refractivity contribution < 1.29 is 0 Å². The summed E-state index contributed by atoms with van der Waals surface area (Å²) in [6.45, 7) is 3.97. The lowest BCUT2D eigenvalue weighted by atomic mass is 9.89. The molecule has 0 spiro atoms. The van der Waals surface area contributed by atoms with Crippen LogP contribution in [-0.2, 0) is 0 Å². The smallest absolute Gasteiger partial charge is 0.235 e. The minimum atomic E-state index is 0.612. The first-order valence-corrected chi connectivity index (χ1v) is 21.0.